The molecule has 2 aliphatic heterocycles. The Morgan fingerprint density at radius 2 is 1.80 bits per heavy atom. The normalized spacial score (nSPS) is 33.4. The van der Waals surface area contributed by atoms with Crippen LogP contribution in [0.4, 0.5) is 0 Å². The lowest BCUT2D eigenvalue weighted by molar-refractivity contribution is -0.0407. The molecule has 1 aromatic rings. The van der Waals surface area contributed by atoms with Gasteiger partial charge in [-0.25, -0.2) is 0 Å². The topological polar surface area (TPSA) is 38.5 Å². The molecule has 0 amide bonds. The Hall–Kier alpha value is -1.06. The highest BCUT2D eigenvalue weighted by atomic mass is 16.5. The van der Waals surface area contributed by atoms with Crippen LogP contribution in [-0.4, -0.2) is 29.6 Å². The first-order chi connectivity index (χ1) is 9.83. The number of ether oxygens (including phenoxy) is 1. The van der Waals surface area contributed by atoms with Crippen molar-refractivity contribution in [1.82, 2.24) is 4.90 Å². The second-order valence-electron chi connectivity index (χ2n) is 6.66. The fourth-order valence-electron chi connectivity index (χ4n) is 3.98. The zero-order valence-electron chi connectivity index (χ0n) is 12.0. The van der Waals surface area contributed by atoms with Crippen molar-refractivity contribution in [2.45, 2.75) is 56.8 Å². The summed E-state index contributed by atoms with van der Waals surface area (Å²) in [5.41, 5.74) is 6.81. The molecule has 0 radical (unpaired) electrons. The van der Waals surface area contributed by atoms with E-state index in [2.05, 4.69) is 29.2 Å². The molecule has 4 aliphatic rings. The van der Waals surface area contributed by atoms with Crippen molar-refractivity contribution < 1.29 is 4.74 Å². The van der Waals surface area contributed by atoms with Crippen LogP contribution in [0, 0.1) is 5.92 Å². The third-order valence-electron chi connectivity index (χ3n) is 5.28. The maximum Gasteiger partial charge on any atom is 0.119 e. The van der Waals surface area contributed by atoms with Crippen LogP contribution in [0.2, 0.25) is 0 Å². The van der Waals surface area contributed by atoms with Gasteiger partial charge in [0.1, 0.15) is 11.9 Å². The van der Waals surface area contributed by atoms with Crippen LogP contribution in [0.15, 0.2) is 24.3 Å². The highest BCUT2D eigenvalue weighted by molar-refractivity contribution is 5.27. The van der Waals surface area contributed by atoms with E-state index in [1.54, 1.807) is 0 Å². The molecule has 20 heavy (non-hydrogen) atoms. The van der Waals surface area contributed by atoms with E-state index in [0.717, 1.165) is 23.8 Å². The zero-order chi connectivity index (χ0) is 13.5. The molecule has 3 nitrogen and oxygen atoms in total. The van der Waals surface area contributed by atoms with E-state index in [-0.39, 0.29) is 0 Å². The first-order valence-electron chi connectivity index (χ1n) is 8.05. The van der Waals surface area contributed by atoms with E-state index in [0.29, 0.717) is 12.6 Å². The van der Waals surface area contributed by atoms with Gasteiger partial charge >= 0.3 is 0 Å². The number of piperidine rings is 2. The number of nitrogens with two attached hydrogens (primary N) is 1. The lowest BCUT2D eigenvalue weighted by atomic mass is 9.77. The van der Waals surface area contributed by atoms with Gasteiger partial charge in [-0.05, 0) is 43.4 Å². The van der Waals surface area contributed by atoms with Crippen molar-refractivity contribution in [2.75, 3.05) is 6.54 Å². The van der Waals surface area contributed by atoms with Gasteiger partial charge in [0.15, 0.2) is 0 Å². The number of benzene rings is 1. The molecule has 2 saturated heterocycles. The molecule has 3 heteroatoms. The minimum atomic E-state index is 0.424. The summed E-state index contributed by atoms with van der Waals surface area (Å²) >= 11 is 0. The van der Waals surface area contributed by atoms with Gasteiger partial charge in [0, 0.05) is 37.5 Å². The minimum absolute atomic E-state index is 0.424. The Morgan fingerprint density at radius 3 is 2.40 bits per heavy atom. The molecule has 2 heterocycles. The standard InChI is InChI=1S/C17H24N2O/c18-10-12-1-7-16(8-2-12)20-17-9-15-4-3-13(17)11-19(15)14-5-6-14/h1-2,7-8,13-15,17H,3-6,9-11,18H2. The molecule has 2 N–H and O–H groups in total. The molecule has 2 bridgehead atoms. The Labute approximate surface area is 121 Å². The number of hydrogen-bond acceptors (Lipinski definition) is 3. The minimum Gasteiger partial charge on any atom is -0.490 e. The Bertz CT molecular complexity index is 468. The summed E-state index contributed by atoms with van der Waals surface area (Å²) in [6, 6.07) is 9.99. The van der Waals surface area contributed by atoms with Crippen LogP contribution < -0.4 is 10.5 Å². The van der Waals surface area contributed by atoms with Crippen LogP contribution in [0.1, 0.15) is 37.7 Å². The van der Waals surface area contributed by atoms with E-state index in [9.17, 15) is 0 Å². The summed E-state index contributed by atoms with van der Waals surface area (Å²) < 4.78 is 6.27. The van der Waals surface area contributed by atoms with Gasteiger partial charge in [0.25, 0.3) is 0 Å². The molecule has 2 saturated carbocycles. The van der Waals surface area contributed by atoms with Gasteiger partial charge < -0.3 is 10.5 Å². The molecule has 2 aliphatic carbocycles. The van der Waals surface area contributed by atoms with Crippen LogP contribution in [0.25, 0.3) is 0 Å². The Kier molecular flexibility index (Phi) is 3.20. The molecule has 3 atom stereocenters. The van der Waals surface area contributed by atoms with E-state index in [4.69, 9.17) is 10.5 Å². The van der Waals surface area contributed by atoms with Crippen molar-refractivity contribution in [2.24, 2.45) is 11.7 Å². The summed E-state index contributed by atoms with van der Waals surface area (Å²) in [6.07, 6.45) is 7.23. The number of rotatable bonds is 4. The number of nitrogens with zero attached hydrogens (tertiary/aromatic N) is 1. The maximum absolute atomic E-state index is 6.27. The largest absolute Gasteiger partial charge is 0.490 e. The molecule has 4 fully saturated rings. The highest BCUT2D eigenvalue weighted by Crippen LogP contribution is 2.42. The van der Waals surface area contributed by atoms with Crippen LogP contribution >= 0.6 is 0 Å². The van der Waals surface area contributed by atoms with E-state index < -0.39 is 0 Å². The third-order valence-corrected chi connectivity index (χ3v) is 5.28. The van der Waals surface area contributed by atoms with E-state index >= 15 is 0 Å². The average Bonchev–Trinajstić information content (AvgIpc) is 3.33. The fourth-order valence-corrected chi connectivity index (χ4v) is 3.98. The Morgan fingerprint density at radius 1 is 1.05 bits per heavy atom. The first-order valence-corrected chi connectivity index (χ1v) is 8.05. The monoisotopic (exact) mass is 272 g/mol. The van der Waals surface area contributed by atoms with Crippen LogP contribution in [0.5, 0.6) is 5.75 Å². The van der Waals surface area contributed by atoms with Gasteiger partial charge in [-0.15, -0.1) is 0 Å². The van der Waals surface area contributed by atoms with Crippen LogP contribution in [0.3, 0.4) is 0 Å². The molecule has 1 aromatic carbocycles. The summed E-state index contributed by atoms with van der Waals surface area (Å²) in [5.74, 6) is 1.74. The molecular weight excluding hydrogens is 248 g/mol. The summed E-state index contributed by atoms with van der Waals surface area (Å²) in [7, 11) is 0. The van der Waals surface area contributed by atoms with Crippen molar-refractivity contribution in [3.05, 3.63) is 29.8 Å². The SMILES string of the molecule is NCc1ccc(OC2CC3CCC2CN3C2CC2)cc1. The summed E-state index contributed by atoms with van der Waals surface area (Å²) in [4.78, 5) is 2.77. The molecule has 0 spiro atoms. The number of fused-ring (bicyclic) bond motifs is 3. The second kappa shape index (κ2) is 5.05. The predicted octanol–water partition coefficient (Wildman–Crippen LogP) is 2.54. The smallest absolute Gasteiger partial charge is 0.119 e. The lowest BCUT2D eigenvalue weighted by Crippen LogP contribution is -2.56. The molecule has 0 aromatic heterocycles. The van der Waals surface area contributed by atoms with E-state index in [1.165, 1.54) is 44.2 Å². The first kappa shape index (κ1) is 12.7. The van der Waals surface area contributed by atoms with Gasteiger partial charge in [0.05, 0.1) is 0 Å². The highest BCUT2D eigenvalue weighted by Gasteiger charge is 2.46. The summed E-state index contributed by atoms with van der Waals surface area (Å²) in [5, 5.41) is 0. The summed E-state index contributed by atoms with van der Waals surface area (Å²) in [6.45, 7) is 1.87. The molecule has 3 unspecified atom stereocenters. The van der Waals surface area contributed by atoms with E-state index in [1.807, 2.05) is 0 Å². The quantitative estimate of drug-likeness (QED) is 0.915. The van der Waals surface area contributed by atoms with Gasteiger partial charge in [-0.3, -0.25) is 4.90 Å². The molecule has 5 rings (SSSR count). The maximum atomic E-state index is 6.27. The van der Waals surface area contributed by atoms with Crippen molar-refractivity contribution in [3.63, 3.8) is 0 Å². The molecular formula is C17H24N2O. The van der Waals surface area contributed by atoms with Crippen molar-refractivity contribution >= 4 is 0 Å². The second-order valence-corrected chi connectivity index (χ2v) is 6.66. The lowest BCUT2D eigenvalue weighted by Gasteiger charge is -2.49. The van der Waals surface area contributed by atoms with Crippen molar-refractivity contribution in [3.8, 4) is 5.75 Å². The van der Waals surface area contributed by atoms with Crippen LogP contribution in [-0.2, 0) is 6.54 Å². The fraction of sp³-hybridized carbons (Fsp3) is 0.647. The van der Waals surface area contributed by atoms with Gasteiger partial charge in [-0.1, -0.05) is 12.1 Å². The van der Waals surface area contributed by atoms with Gasteiger partial charge in [-0.2, -0.15) is 0 Å². The number of hydrogen-bond donors (Lipinski definition) is 1. The Balaban J connectivity index is 1.42. The predicted molar refractivity (Wildman–Crippen MR) is 79.6 cm³/mol. The van der Waals surface area contributed by atoms with Gasteiger partial charge in [0.2, 0.25) is 0 Å². The van der Waals surface area contributed by atoms with Crippen molar-refractivity contribution in [1.29, 1.82) is 0 Å². The average molecular weight is 272 g/mol. The molecule has 108 valence electrons. The third kappa shape index (κ3) is 2.33. The zero-order valence-corrected chi connectivity index (χ0v) is 12.0.